The highest BCUT2D eigenvalue weighted by Crippen LogP contribution is 2.37. The number of aryl methyl sites for hydroxylation is 1. The Labute approximate surface area is 152 Å². The zero-order chi connectivity index (χ0) is 19.2. The van der Waals surface area contributed by atoms with Gasteiger partial charge < -0.3 is 0 Å². The quantitative estimate of drug-likeness (QED) is 0.387. The van der Waals surface area contributed by atoms with Crippen molar-refractivity contribution in [1.29, 1.82) is 0 Å². The van der Waals surface area contributed by atoms with Gasteiger partial charge in [0, 0.05) is 5.39 Å². The molecule has 27 heavy (non-hydrogen) atoms. The summed E-state index contributed by atoms with van der Waals surface area (Å²) in [5, 5.41) is 5.01. The van der Waals surface area contributed by atoms with Gasteiger partial charge in [-0.15, -0.1) is 0 Å². The fraction of sp³-hybridized carbons (Fsp3) is 0.0952. The molecule has 6 heteroatoms. The Morgan fingerprint density at radius 2 is 1.70 bits per heavy atom. The van der Waals surface area contributed by atoms with Crippen LogP contribution in [0.3, 0.4) is 0 Å². The van der Waals surface area contributed by atoms with E-state index in [-0.39, 0.29) is 11.4 Å². The predicted molar refractivity (Wildman–Crippen MR) is 96.2 cm³/mol. The standard InChI is InChI=1S/C21H14F4N2/c1-13-10-16(7-8-19(13)22)27-20-9-6-14(11-15(20)12-26-27)17-4-2-3-5-18(17)21(23,24)25/h2-12H,1H3. The van der Waals surface area contributed by atoms with Gasteiger partial charge in [0.05, 0.1) is 23.0 Å². The SMILES string of the molecule is Cc1cc(-n2ncc3cc(-c4ccccc4C(F)(F)F)ccc32)ccc1F. The molecule has 0 aliphatic carbocycles. The van der Waals surface area contributed by atoms with E-state index >= 15 is 0 Å². The smallest absolute Gasteiger partial charge is 0.233 e. The molecule has 0 saturated heterocycles. The van der Waals surface area contributed by atoms with E-state index in [0.29, 0.717) is 22.2 Å². The van der Waals surface area contributed by atoms with Gasteiger partial charge in [-0.2, -0.15) is 18.3 Å². The van der Waals surface area contributed by atoms with E-state index in [1.54, 1.807) is 54.2 Å². The minimum absolute atomic E-state index is 0.122. The van der Waals surface area contributed by atoms with Crippen molar-refractivity contribution < 1.29 is 17.6 Å². The molecule has 0 radical (unpaired) electrons. The highest BCUT2D eigenvalue weighted by molar-refractivity contribution is 5.86. The molecule has 4 rings (SSSR count). The molecule has 0 spiro atoms. The molecule has 136 valence electrons. The first-order valence-electron chi connectivity index (χ1n) is 8.25. The fourth-order valence-electron chi connectivity index (χ4n) is 3.15. The van der Waals surface area contributed by atoms with Crippen molar-refractivity contribution in [3.63, 3.8) is 0 Å². The summed E-state index contributed by atoms with van der Waals surface area (Å²) in [6.45, 7) is 1.66. The Kier molecular flexibility index (Phi) is 3.98. The van der Waals surface area contributed by atoms with Crippen LogP contribution in [0, 0.1) is 12.7 Å². The Hall–Kier alpha value is -3.15. The summed E-state index contributed by atoms with van der Waals surface area (Å²) < 4.78 is 55.0. The zero-order valence-corrected chi connectivity index (χ0v) is 14.3. The number of hydrogen-bond acceptors (Lipinski definition) is 1. The van der Waals surface area contributed by atoms with E-state index in [4.69, 9.17) is 0 Å². The lowest BCUT2D eigenvalue weighted by atomic mass is 9.98. The molecule has 1 heterocycles. The third-order valence-electron chi connectivity index (χ3n) is 4.50. The third-order valence-corrected chi connectivity index (χ3v) is 4.50. The number of benzene rings is 3. The van der Waals surface area contributed by atoms with Crippen LogP contribution in [0.25, 0.3) is 27.7 Å². The second kappa shape index (κ2) is 6.23. The number of halogens is 4. The van der Waals surface area contributed by atoms with Crippen molar-refractivity contribution in [1.82, 2.24) is 9.78 Å². The van der Waals surface area contributed by atoms with Crippen LogP contribution in [0.2, 0.25) is 0 Å². The van der Waals surface area contributed by atoms with Crippen LogP contribution in [0.4, 0.5) is 17.6 Å². The summed E-state index contributed by atoms with van der Waals surface area (Å²) in [5.74, 6) is -0.304. The molecule has 0 N–H and O–H groups in total. The van der Waals surface area contributed by atoms with E-state index in [2.05, 4.69) is 5.10 Å². The number of fused-ring (bicyclic) bond motifs is 1. The molecule has 0 unspecified atom stereocenters. The lowest BCUT2D eigenvalue weighted by Crippen LogP contribution is -2.06. The summed E-state index contributed by atoms with van der Waals surface area (Å²) >= 11 is 0. The minimum Gasteiger partial charge on any atom is -0.233 e. The van der Waals surface area contributed by atoms with Crippen LogP contribution in [-0.4, -0.2) is 9.78 Å². The van der Waals surface area contributed by atoms with Gasteiger partial charge in [-0.1, -0.05) is 24.3 Å². The van der Waals surface area contributed by atoms with Gasteiger partial charge >= 0.3 is 6.18 Å². The number of nitrogens with zero attached hydrogens (tertiary/aromatic N) is 2. The fourth-order valence-corrected chi connectivity index (χ4v) is 3.15. The summed E-state index contributed by atoms with van der Waals surface area (Å²) in [6.07, 6.45) is -2.84. The van der Waals surface area contributed by atoms with Crippen molar-refractivity contribution in [3.05, 3.63) is 83.8 Å². The van der Waals surface area contributed by atoms with Crippen LogP contribution in [0.1, 0.15) is 11.1 Å². The molecule has 0 aliphatic heterocycles. The maximum atomic E-state index is 13.5. The van der Waals surface area contributed by atoms with Crippen LogP contribution in [0.15, 0.2) is 66.9 Å². The second-order valence-electron chi connectivity index (χ2n) is 6.31. The zero-order valence-electron chi connectivity index (χ0n) is 14.3. The molecule has 0 saturated carbocycles. The molecule has 0 aliphatic rings. The van der Waals surface area contributed by atoms with Gasteiger partial charge in [-0.05, 0) is 60.0 Å². The molecular formula is C21H14F4N2. The van der Waals surface area contributed by atoms with E-state index in [1.165, 1.54) is 18.2 Å². The van der Waals surface area contributed by atoms with Crippen molar-refractivity contribution in [3.8, 4) is 16.8 Å². The number of alkyl halides is 3. The monoisotopic (exact) mass is 370 g/mol. The van der Waals surface area contributed by atoms with Gasteiger partial charge in [0.2, 0.25) is 0 Å². The molecule has 4 aromatic rings. The van der Waals surface area contributed by atoms with Gasteiger partial charge in [0.25, 0.3) is 0 Å². The first-order valence-corrected chi connectivity index (χ1v) is 8.25. The normalized spacial score (nSPS) is 11.9. The predicted octanol–water partition coefficient (Wildman–Crippen LogP) is 6.16. The molecule has 0 amide bonds. The van der Waals surface area contributed by atoms with Gasteiger partial charge in [-0.25, -0.2) is 9.07 Å². The van der Waals surface area contributed by atoms with Crippen LogP contribution < -0.4 is 0 Å². The average molecular weight is 370 g/mol. The maximum absolute atomic E-state index is 13.5. The van der Waals surface area contributed by atoms with Crippen LogP contribution >= 0.6 is 0 Å². The minimum atomic E-state index is -4.43. The van der Waals surface area contributed by atoms with Gasteiger partial charge in [-0.3, -0.25) is 0 Å². The summed E-state index contributed by atoms with van der Waals surface area (Å²) in [7, 11) is 0. The highest BCUT2D eigenvalue weighted by atomic mass is 19.4. The molecule has 1 aromatic heterocycles. The summed E-state index contributed by atoms with van der Waals surface area (Å²) in [6, 6.07) is 15.2. The summed E-state index contributed by atoms with van der Waals surface area (Å²) in [5.41, 5.74) is 1.82. The highest BCUT2D eigenvalue weighted by Gasteiger charge is 2.33. The number of rotatable bonds is 2. The largest absolute Gasteiger partial charge is 0.417 e. The van der Waals surface area contributed by atoms with E-state index in [1.807, 2.05) is 0 Å². The van der Waals surface area contributed by atoms with E-state index < -0.39 is 11.7 Å². The Bertz CT molecular complexity index is 1140. The first-order chi connectivity index (χ1) is 12.8. The van der Waals surface area contributed by atoms with Crippen molar-refractivity contribution in [2.24, 2.45) is 0 Å². The molecule has 0 fully saturated rings. The van der Waals surface area contributed by atoms with Gasteiger partial charge in [0.1, 0.15) is 5.82 Å². The third kappa shape index (κ3) is 3.07. The average Bonchev–Trinajstić information content (AvgIpc) is 3.06. The van der Waals surface area contributed by atoms with E-state index in [0.717, 1.165) is 11.6 Å². The lowest BCUT2D eigenvalue weighted by Gasteiger charge is -2.13. The molecule has 0 bridgehead atoms. The maximum Gasteiger partial charge on any atom is 0.417 e. The molecule has 0 atom stereocenters. The Balaban J connectivity index is 1.83. The molecule has 2 nitrogen and oxygen atoms in total. The summed E-state index contributed by atoms with van der Waals surface area (Å²) in [4.78, 5) is 0. The van der Waals surface area contributed by atoms with Crippen molar-refractivity contribution in [2.75, 3.05) is 0 Å². The van der Waals surface area contributed by atoms with E-state index in [9.17, 15) is 17.6 Å². The van der Waals surface area contributed by atoms with Crippen molar-refractivity contribution in [2.45, 2.75) is 13.1 Å². The number of hydrogen-bond donors (Lipinski definition) is 0. The Morgan fingerprint density at radius 1 is 0.926 bits per heavy atom. The Morgan fingerprint density at radius 3 is 2.44 bits per heavy atom. The second-order valence-corrected chi connectivity index (χ2v) is 6.31. The topological polar surface area (TPSA) is 17.8 Å². The molecular weight excluding hydrogens is 356 g/mol. The number of aromatic nitrogens is 2. The van der Waals surface area contributed by atoms with Gasteiger partial charge in [0.15, 0.2) is 0 Å². The lowest BCUT2D eigenvalue weighted by molar-refractivity contribution is -0.137. The van der Waals surface area contributed by atoms with Crippen LogP contribution in [-0.2, 0) is 6.18 Å². The van der Waals surface area contributed by atoms with Crippen molar-refractivity contribution >= 4 is 10.9 Å². The van der Waals surface area contributed by atoms with Crippen LogP contribution in [0.5, 0.6) is 0 Å². The first kappa shape index (κ1) is 17.3. The molecule has 3 aromatic carbocycles.